The molecular formula is C12H17FN2O2. The summed E-state index contributed by atoms with van der Waals surface area (Å²) in [5.74, 6) is -0.389. The van der Waals surface area contributed by atoms with Crippen LogP contribution in [0.25, 0.3) is 0 Å². The molecule has 0 saturated heterocycles. The lowest BCUT2D eigenvalue weighted by Crippen LogP contribution is -2.46. The fraction of sp³-hybridized carbons (Fsp3) is 0.500. The van der Waals surface area contributed by atoms with Crippen molar-refractivity contribution in [2.24, 2.45) is 0 Å². The van der Waals surface area contributed by atoms with Gasteiger partial charge in [0.05, 0.1) is 6.20 Å². The van der Waals surface area contributed by atoms with Crippen molar-refractivity contribution in [2.75, 3.05) is 6.54 Å². The highest BCUT2D eigenvalue weighted by molar-refractivity contribution is 5.65. The third-order valence-corrected chi connectivity index (χ3v) is 2.42. The minimum Gasteiger partial charge on any atom is -0.465 e. The van der Waals surface area contributed by atoms with Crippen LogP contribution < -0.4 is 0 Å². The molecule has 0 atom stereocenters. The number of nitrogens with zero attached hydrogens (tertiary/aromatic N) is 2. The summed E-state index contributed by atoms with van der Waals surface area (Å²) in [5.41, 5.74) is 0.230. The Bertz CT molecular complexity index is 384. The Labute approximate surface area is 100 Å². The molecule has 1 amide bonds. The highest BCUT2D eigenvalue weighted by Crippen LogP contribution is 2.14. The number of aromatic nitrogens is 1. The van der Waals surface area contributed by atoms with E-state index in [0.717, 1.165) is 6.20 Å². The van der Waals surface area contributed by atoms with Gasteiger partial charge in [-0.1, -0.05) is 0 Å². The SMILES string of the molecule is CC(C)(C)N(CCc1ccc(F)cn1)C(=O)O. The zero-order valence-corrected chi connectivity index (χ0v) is 10.3. The first-order chi connectivity index (χ1) is 7.80. The fourth-order valence-electron chi connectivity index (χ4n) is 1.50. The highest BCUT2D eigenvalue weighted by Gasteiger charge is 2.25. The molecule has 0 bridgehead atoms. The monoisotopic (exact) mass is 240 g/mol. The molecule has 17 heavy (non-hydrogen) atoms. The molecule has 1 rings (SSSR count). The van der Waals surface area contributed by atoms with E-state index < -0.39 is 11.6 Å². The summed E-state index contributed by atoms with van der Waals surface area (Å²) in [4.78, 5) is 16.3. The van der Waals surface area contributed by atoms with Gasteiger partial charge in [0.25, 0.3) is 0 Å². The minimum absolute atomic E-state index is 0.345. The molecule has 1 aromatic rings. The van der Waals surface area contributed by atoms with E-state index in [2.05, 4.69) is 4.98 Å². The Hall–Kier alpha value is -1.65. The topological polar surface area (TPSA) is 53.4 Å². The quantitative estimate of drug-likeness (QED) is 0.883. The second-order valence-corrected chi connectivity index (χ2v) is 4.82. The van der Waals surface area contributed by atoms with Gasteiger partial charge in [0, 0.05) is 24.2 Å². The third kappa shape index (κ3) is 4.01. The van der Waals surface area contributed by atoms with Crippen molar-refractivity contribution in [2.45, 2.75) is 32.7 Å². The lowest BCUT2D eigenvalue weighted by atomic mass is 10.1. The van der Waals surface area contributed by atoms with E-state index in [1.807, 2.05) is 20.8 Å². The molecule has 0 fully saturated rings. The highest BCUT2D eigenvalue weighted by atomic mass is 19.1. The van der Waals surface area contributed by atoms with Gasteiger partial charge in [0.2, 0.25) is 0 Å². The van der Waals surface area contributed by atoms with Gasteiger partial charge in [-0.15, -0.1) is 0 Å². The number of hydrogen-bond donors (Lipinski definition) is 1. The molecule has 0 saturated carbocycles. The molecule has 0 spiro atoms. The predicted molar refractivity (Wildman–Crippen MR) is 62.4 cm³/mol. The fourth-order valence-corrected chi connectivity index (χ4v) is 1.50. The average Bonchev–Trinajstić information content (AvgIpc) is 2.18. The predicted octanol–water partition coefficient (Wildman–Crippen LogP) is 2.54. The Morgan fingerprint density at radius 3 is 2.53 bits per heavy atom. The molecule has 0 unspecified atom stereocenters. The van der Waals surface area contributed by atoms with Crippen LogP contribution in [-0.2, 0) is 6.42 Å². The third-order valence-electron chi connectivity index (χ3n) is 2.42. The Kier molecular flexibility index (Phi) is 4.04. The van der Waals surface area contributed by atoms with Crippen molar-refractivity contribution in [3.8, 4) is 0 Å². The van der Waals surface area contributed by atoms with Crippen LogP contribution in [0.3, 0.4) is 0 Å². The van der Waals surface area contributed by atoms with Crippen LogP contribution in [0.4, 0.5) is 9.18 Å². The van der Waals surface area contributed by atoms with E-state index in [1.165, 1.54) is 11.0 Å². The van der Waals surface area contributed by atoms with E-state index >= 15 is 0 Å². The van der Waals surface area contributed by atoms with E-state index in [9.17, 15) is 9.18 Å². The minimum atomic E-state index is -0.959. The van der Waals surface area contributed by atoms with Gasteiger partial charge in [-0.05, 0) is 32.9 Å². The van der Waals surface area contributed by atoms with Crippen molar-refractivity contribution in [3.05, 3.63) is 29.8 Å². The lowest BCUT2D eigenvalue weighted by molar-refractivity contribution is 0.101. The summed E-state index contributed by atoms with van der Waals surface area (Å²) >= 11 is 0. The van der Waals surface area contributed by atoms with Crippen LogP contribution in [0.15, 0.2) is 18.3 Å². The maximum Gasteiger partial charge on any atom is 0.407 e. The summed E-state index contributed by atoms with van der Waals surface area (Å²) < 4.78 is 12.6. The first-order valence-corrected chi connectivity index (χ1v) is 5.41. The molecule has 0 aliphatic heterocycles. The Balaban J connectivity index is 2.65. The zero-order valence-electron chi connectivity index (χ0n) is 10.3. The Morgan fingerprint density at radius 2 is 2.12 bits per heavy atom. The molecular weight excluding hydrogens is 223 g/mol. The maximum atomic E-state index is 12.6. The van der Waals surface area contributed by atoms with Gasteiger partial charge in [-0.2, -0.15) is 0 Å². The molecule has 1 N–H and O–H groups in total. The number of pyridine rings is 1. The summed E-state index contributed by atoms with van der Waals surface area (Å²) in [7, 11) is 0. The number of rotatable bonds is 3. The molecule has 94 valence electrons. The van der Waals surface area contributed by atoms with Crippen molar-refractivity contribution in [3.63, 3.8) is 0 Å². The van der Waals surface area contributed by atoms with Gasteiger partial charge in [-0.25, -0.2) is 9.18 Å². The van der Waals surface area contributed by atoms with Gasteiger partial charge in [0.15, 0.2) is 0 Å². The number of halogens is 1. The molecule has 1 aromatic heterocycles. The molecule has 0 aliphatic rings. The summed E-state index contributed by atoms with van der Waals surface area (Å²) in [6.07, 6.45) is 0.654. The largest absolute Gasteiger partial charge is 0.465 e. The van der Waals surface area contributed by atoms with Crippen LogP contribution in [0.5, 0.6) is 0 Å². The summed E-state index contributed by atoms with van der Waals surface area (Å²) in [5, 5.41) is 9.08. The number of hydrogen-bond acceptors (Lipinski definition) is 2. The molecule has 1 heterocycles. The average molecular weight is 240 g/mol. The lowest BCUT2D eigenvalue weighted by Gasteiger charge is -2.33. The van der Waals surface area contributed by atoms with Crippen molar-refractivity contribution < 1.29 is 14.3 Å². The van der Waals surface area contributed by atoms with E-state index in [4.69, 9.17) is 5.11 Å². The van der Waals surface area contributed by atoms with E-state index in [-0.39, 0.29) is 5.82 Å². The first-order valence-electron chi connectivity index (χ1n) is 5.41. The summed E-state index contributed by atoms with van der Waals surface area (Å²) in [6, 6.07) is 2.89. The van der Waals surface area contributed by atoms with Crippen LogP contribution in [0.2, 0.25) is 0 Å². The summed E-state index contributed by atoms with van der Waals surface area (Å²) in [6.45, 7) is 5.84. The van der Waals surface area contributed by atoms with Crippen LogP contribution in [0.1, 0.15) is 26.5 Å². The number of amides is 1. The second kappa shape index (κ2) is 5.12. The smallest absolute Gasteiger partial charge is 0.407 e. The van der Waals surface area contributed by atoms with Crippen molar-refractivity contribution in [1.82, 2.24) is 9.88 Å². The maximum absolute atomic E-state index is 12.6. The molecule has 0 aromatic carbocycles. The van der Waals surface area contributed by atoms with Crippen LogP contribution >= 0.6 is 0 Å². The molecule has 0 aliphatic carbocycles. The second-order valence-electron chi connectivity index (χ2n) is 4.82. The van der Waals surface area contributed by atoms with Crippen molar-refractivity contribution in [1.29, 1.82) is 0 Å². The van der Waals surface area contributed by atoms with Crippen LogP contribution in [0, 0.1) is 5.82 Å². The van der Waals surface area contributed by atoms with Crippen LogP contribution in [-0.4, -0.2) is 33.2 Å². The van der Waals surface area contributed by atoms with Crippen molar-refractivity contribution >= 4 is 6.09 Å². The van der Waals surface area contributed by atoms with E-state index in [0.29, 0.717) is 18.7 Å². The normalized spacial score (nSPS) is 11.3. The number of carbonyl (C=O) groups is 1. The molecule has 0 radical (unpaired) electrons. The molecule has 4 nitrogen and oxygen atoms in total. The van der Waals surface area contributed by atoms with E-state index in [1.54, 1.807) is 6.07 Å². The first kappa shape index (κ1) is 13.4. The van der Waals surface area contributed by atoms with Gasteiger partial charge in [-0.3, -0.25) is 4.98 Å². The van der Waals surface area contributed by atoms with Gasteiger partial charge >= 0.3 is 6.09 Å². The zero-order chi connectivity index (χ0) is 13.1. The van der Waals surface area contributed by atoms with Gasteiger partial charge in [0.1, 0.15) is 5.82 Å². The Morgan fingerprint density at radius 1 is 1.47 bits per heavy atom. The molecule has 5 heteroatoms. The van der Waals surface area contributed by atoms with Gasteiger partial charge < -0.3 is 10.0 Å². The standard InChI is InChI=1S/C12H17FN2O2/c1-12(2,3)15(11(16)17)7-6-10-5-4-9(13)8-14-10/h4-5,8H,6-7H2,1-3H3,(H,16,17). The number of carboxylic acid groups (broad SMARTS) is 1.